The molecule has 82 valence electrons. The average Bonchev–Trinajstić information content (AvgIpc) is 2.22. The Morgan fingerprint density at radius 1 is 1.50 bits per heavy atom. The van der Waals surface area contributed by atoms with Gasteiger partial charge in [-0.25, -0.2) is 4.98 Å². The Hall–Kier alpha value is -1.69. The summed E-state index contributed by atoms with van der Waals surface area (Å²) in [5, 5.41) is 8.63. The molecule has 2 aromatic heterocycles. The third-order valence-electron chi connectivity index (χ3n) is 2.08. The summed E-state index contributed by atoms with van der Waals surface area (Å²) in [5.41, 5.74) is 0.305. The summed E-state index contributed by atoms with van der Waals surface area (Å²) in [6.45, 7) is 0. The van der Waals surface area contributed by atoms with Gasteiger partial charge in [0.1, 0.15) is 5.65 Å². The number of hydrogen-bond donors (Lipinski definition) is 1. The summed E-state index contributed by atoms with van der Waals surface area (Å²) in [6, 6.07) is 3.44. The number of hydrogen-bond acceptors (Lipinski definition) is 3. The number of rotatable bonds is 2. The molecule has 16 heavy (non-hydrogen) atoms. The van der Waals surface area contributed by atoms with Crippen LogP contribution in [0.2, 0.25) is 0 Å². The van der Waals surface area contributed by atoms with E-state index in [2.05, 4.69) is 20.9 Å². The van der Waals surface area contributed by atoms with E-state index in [1.54, 1.807) is 18.3 Å². The van der Waals surface area contributed by atoms with Gasteiger partial charge in [-0.1, -0.05) is 0 Å². The largest absolute Gasteiger partial charge is 0.481 e. The number of aliphatic carboxylic acids is 1. The highest BCUT2D eigenvalue weighted by molar-refractivity contribution is 9.10. The number of halogens is 1. The van der Waals surface area contributed by atoms with Crippen LogP contribution in [0.15, 0.2) is 33.8 Å². The van der Waals surface area contributed by atoms with Gasteiger partial charge in [0.15, 0.2) is 0 Å². The molecule has 0 saturated carbocycles. The Labute approximate surface area is 98.5 Å². The molecule has 0 unspecified atom stereocenters. The van der Waals surface area contributed by atoms with E-state index in [0.29, 0.717) is 5.65 Å². The lowest BCUT2D eigenvalue weighted by atomic mass is 10.2. The van der Waals surface area contributed by atoms with Crippen molar-refractivity contribution < 1.29 is 9.90 Å². The fourth-order valence-corrected chi connectivity index (χ4v) is 1.71. The predicted molar refractivity (Wildman–Crippen MR) is 60.5 cm³/mol. The van der Waals surface area contributed by atoms with Gasteiger partial charge in [0.2, 0.25) is 0 Å². The first-order chi connectivity index (χ1) is 7.58. The van der Waals surface area contributed by atoms with E-state index in [-0.39, 0.29) is 17.5 Å². The second kappa shape index (κ2) is 4.05. The molecular formula is C10H7BrN2O3. The molecule has 6 heteroatoms. The molecule has 0 aromatic carbocycles. The Bertz CT molecular complexity index is 621. The third-order valence-corrected chi connectivity index (χ3v) is 2.55. The lowest BCUT2D eigenvalue weighted by molar-refractivity contribution is -0.136. The van der Waals surface area contributed by atoms with Gasteiger partial charge in [-0.2, -0.15) is 0 Å². The summed E-state index contributed by atoms with van der Waals surface area (Å²) in [7, 11) is 0. The van der Waals surface area contributed by atoms with Crippen molar-refractivity contribution in [2.45, 2.75) is 6.42 Å². The molecule has 0 saturated heterocycles. The Balaban J connectivity index is 2.68. The van der Waals surface area contributed by atoms with Gasteiger partial charge in [0, 0.05) is 22.4 Å². The smallest absolute Gasteiger partial charge is 0.308 e. The highest BCUT2D eigenvalue weighted by Gasteiger charge is 2.08. The van der Waals surface area contributed by atoms with Crippen molar-refractivity contribution in [3.8, 4) is 0 Å². The SMILES string of the molecule is O=C(O)Cc1cnc2ccc(Br)cn2c1=O. The van der Waals surface area contributed by atoms with Crippen LogP contribution in [-0.2, 0) is 11.2 Å². The maximum absolute atomic E-state index is 11.9. The number of carboxylic acids is 1. The zero-order valence-corrected chi connectivity index (χ0v) is 9.64. The second-order valence-corrected chi connectivity index (χ2v) is 4.15. The van der Waals surface area contributed by atoms with Crippen LogP contribution >= 0.6 is 15.9 Å². The van der Waals surface area contributed by atoms with Crippen LogP contribution in [0.5, 0.6) is 0 Å². The summed E-state index contributed by atoms with van der Waals surface area (Å²) < 4.78 is 2.05. The fraction of sp³-hybridized carbons (Fsp3) is 0.100. The number of fused-ring (bicyclic) bond motifs is 1. The quantitative estimate of drug-likeness (QED) is 0.895. The van der Waals surface area contributed by atoms with Crippen LogP contribution in [0, 0.1) is 0 Å². The van der Waals surface area contributed by atoms with Crippen molar-refractivity contribution in [3.05, 3.63) is 44.9 Å². The molecule has 0 fully saturated rings. The van der Waals surface area contributed by atoms with Crippen LogP contribution in [0.1, 0.15) is 5.56 Å². The first-order valence-electron chi connectivity index (χ1n) is 4.45. The van der Waals surface area contributed by atoms with E-state index in [1.807, 2.05) is 0 Å². The van der Waals surface area contributed by atoms with Crippen LogP contribution in [0.4, 0.5) is 0 Å². The van der Waals surface area contributed by atoms with Crippen LogP contribution in [0.25, 0.3) is 5.65 Å². The van der Waals surface area contributed by atoms with E-state index in [0.717, 1.165) is 4.47 Å². The van der Waals surface area contributed by atoms with Crippen molar-refractivity contribution in [2.24, 2.45) is 0 Å². The predicted octanol–water partition coefficient (Wildman–Crippen LogP) is 1.08. The molecule has 0 aliphatic rings. The van der Waals surface area contributed by atoms with Gasteiger partial charge in [0.05, 0.1) is 6.42 Å². The highest BCUT2D eigenvalue weighted by Crippen LogP contribution is 2.09. The zero-order chi connectivity index (χ0) is 11.7. The van der Waals surface area contributed by atoms with E-state index >= 15 is 0 Å². The zero-order valence-electron chi connectivity index (χ0n) is 8.05. The number of aromatic nitrogens is 2. The van der Waals surface area contributed by atoms with Crippen molar-refractivity contribution in [1.29, 1.82) is 0 Å². The maximum atomic E-state index is 11.9. The molecule has 0 atom stereocenters. The maximum Gasteiger partial charge on any atom is 0.308 e. The lowest BCUT2D eigenvalue weighted by Crippen LogP contribution is -2.21. The number of carbonyl (C=O) groups is 1. The minimum absolute atomic E-state index is 0.170. The molecular weight excluding hydrogens is 276 g/mol. The first kappa shape index (κ1) is 10.8. The van der Waals surface area contributed by atoms with Gasteiger partial charge < -0.3 is 5.11 Å². The third kappa shape index (κ3) is 1.96. The number of pyridine rings is 1. The minimum Gasteiger partial charge on any atom is -0.481 e. The van der Waals surface area contributed by atoms with E-state index in [4.69, 9.17) is 5.11 Å². The normalized spacial score (nSPS) is 10.6. The van der Waals surface area contributed by atoms with Gasteiger partial charge in [-0.05, 0) is 28.1 Å². The highest BCUT2D eigenvalue weighted by atomic mass is 79.9. The molecule has 2 rings (SSSR count). The molecule has 0 bridgehead atoms. The molecule has 0 spiro atoms. The van der Waals surface area contributed by atoms with Crippen LogP contribution in [-0.4, -0.2) is 20.5 Å². The topological polar surface area (TPSA) is 71.7 Å². The summed E-state index contributed by atoms with van der Waals surface area (Å²) in [4.78, 5) is 26.4. The van der Waals surface area contributed by atoms with Crippen molar-refractivity contribution in [1.82, 2.24) is 9.38 Å². The van der Waals surface area contributed by atoms with Crippen LogP contribution in [0.3, 0.4) is 0 Å². The van der Waals surface area contributed by atoms with Gasteiger partial charge in [-0.3, -0.25) is 14.0 Å². The van der Waals surface area contributed by atoms with E-state index < -0.39 is 5.97 Å². The van der Waals surface area contributed by atoms with Gasteiger partial charge in [0.25, 0.3) is 5.56 Å². The van der Waals surface area contributed by atoms with Crippen LogP contribution < -0.4 is 5.56 Å². The van der Waals surface area contributed by atoms with E-state index in [1.165, 1.54) is 10.6 Å². The monoisotopic (exact) mass is 282 g/mol. The number of carboxylic acid groups (broad SMARTS) is 1. The molecule has 0 amide bonds. The first-order valence-corrected chi connectivity index (χ1v) is 5.25. The molecule has 0 radical (unpaired) electrons. The standard InChI is InChI=1S/C10H7BrN2O3/c11-7-1-2-8-12-4-6(3-9(14)15)10(16)13(8)5-7/h1-2,4-5H,3H2,(H,14,15). The molecule has 0 aliphatic heterocycles. The summed E-state index contributed by atoms with van der Waals surface area (Å²) in [6.07, 6.45) is 2.55. The van der Waals surface area contributed by atoms with E-state index in [9.17, 15) is 9.59 Å². The molecule has 2 heterocycles. The Kier molecular flexibility index (Phi) is 2.74. The van der Waals surface area contributed by atoms with Crippen molar-refractivity contribution in [3.63, 3.8) is 0 Å². The average molecular weight is 283 g/mol. The Morgan fingerprint density at radius 2 is 2.25 bits per heavy atom. The number of nitrogens with zero attached hydrogens (tertiary/aromatic N) is 2. The minimum atomic E-state index is -1.05. The fourth-order valence-electron chi connectivity index (χ4n) is 1.37. The molecule has 0 aliphatic carbocycles. The molecule has 1 N–H and O–H groups in total. The summed E-state index contributed by atoms with van der Waals surface area (Å²) >= 11 is 3.24. The lowest BCUT2D eigenvalue weighted by Gasteiger charge is -2.02. The van der Waals surface area contributed by atoms with Gasteiger partial charge >= 0.3 is 5.97 Å². The molecule has 2 aromatic rings. The molecule has 5 nitrogen and oxygen atoms in total. The Morgan fingerprint density at radius 3 is 2.94 bits per heavy atom. The summed E-state index contributed by atoms with van der Waals surface area (Å²) in [5.74, 6) is -1.05. The van der Waals surface area contributed by atoms with Crippen molar-refractivity contribution >= 4 is 27.5 Å². The van der Waals surface area contributed by atoms with Gasteiger partial charge in [-0.15, -0.1) is 0 Å². The van der Waals surface area contributed by atoms with Crippen molar-refractivity contribution in [2.75, 3.05) is 0 Å². The second-order valence-electron chi connectivity index (χ2n) is 3.23.